The van der Waals surface area contributed by atoms with Gasteiger partial charge >= 0.3 is 12.1 Å². The van der Waals surface area contributed by atoms with Crippen LogP contribution in [0.1, 0.15) is 58.4 Å². The number of nitrogens with two attached hydrogens (primary N) is 1. The summed E-state index contributed by atoms with van der Waals surface area (Å²) in [6.07, 6.45) is 0.860. The molecule has 0 bridgehead atoms. The summed E-state index contributed by atoms with van der Waals surface area (Å²) in [5.41, 5.74) is 5.52. The number of halogens is 1. The predicted molar refractivity (Wildman–Crippen MR) is 117 cm³/mol. The molecule has 1 unspecified atom stereocenters. The Morgan fingerprint density at radius 3 is 2.42 bits per heavy atom. The van der Waals surface area contributed by atoms with E-state index < -0.39 is 35.5 Å². The molecular formula is C21H30ClN3O6. The minimum Gasteiger partial charge on any atom is -0.481 e. The van der Waals surface area contributed by atoms with Crippen LogP contribution in [-0.2, 0) is 25.5 Å². The van der Waals surface area contributed by atoms with E-state index in [0.717, 1.165) is 5.56 Å². The largest absolute Gasteiger partial charge is 0.481 e. The normalized spacial score (nSPS) is 12.0. The van der Waals surface area contributed by atoms with E-state index in [0.29, 0.717) is 30.0 Å². The standard InChI is InChI=1S/C21H30ClN3O6/c1-21(2,3)31-20(30)25-15(11-12-16(23)26)19(29)24-14-9-6-8-13(18(14)22)7-4-5-10-17(27)28/h6,8-9,15H,4-5,7,10-12H2,1-3H3,(H2,23,26)(H,24,29)(H,25,30)(H,27,28). The zero-order valence-corrected chi connectivity index (χ0v) is 18.8. The van der Waals surface area contributed by atoms with Crippen LogP contribution < -0.4 is 16.4 Å². The topological polar surface area (TPSA) is 148 Å². The van der Waals surface area contributed by atoms with Crippen molar-refractivity contribution in [3.63, 3.8) is 0 Å². The third-order valence-electron chi connectivity index (χ3n) is 4.11. The monoisotopic (exact) mass is 455 g/mol. The Morgan fingerprint density at radius 2 is 1.84 bits per heavy atom. The van der Waals surface area contributed by atoms with Gasteiger partial charge in [0.05, 0.1) is 10.7 Å². The molecule has 0 heterocycles. The van der Waals surface area contributed by atoms with Crippen molar-refractivity contribution in [1.29, 1.82) is 0 Å². The first-order valence-corrected chi connectivity index (χ1v) is 10.3. The second-order valence-electron chi connectivity index (χ2n) is 8.07. The first kappa shape index (κ1) is 26.2. The number of carbonyl (C=O) groups is 4. The number of carboxylic acids is 1. The van der Waals surface area contributed by atoms with E-state index >= 15 is 0 Å². The van der Waals surface area contributed by atoms with Crippen molar-refractivity contribution in [2.75, 3.05) is 5.32 Å². The van der Waals surface area contributed by atoms with Gasteiger partial charge in [-0.2, -0.15) is 0 Å². The zero-order chi connectivity index (χ0) is 23.6. The number of carboxylic acid groups (broad SMARTS) is 1. The number of benzene rings is 1. The number of anilines is 1. The molecule has 1 aromatic rings. The highest BCUT2D eigenvalue weighted by atomic mass is 35.5. The van der Waals surface area contributed by atoms with Crippen LogP contribution in [0.4, 0.5) is 10.5 Å². The lowest BCUT2D eigenvalue weighted by molar-refractivity contribution is -0.137. The van der Waals surface area contributed by atoms with Crippen molar-refractivity contribution in [2.24, 2.45) is 5.73 Å². The van der Waals surface area contributed by atoms with Crippen LogP contribution in [0, 0.1) is 0 Å². The van der Waals surface area contributed by atoms with Crippen LogP contribution in [0.15, 0.2) is 18.2 Å². The average Bonchev–Trinajstić information content (AvgIpc) is 2.63. The molecule has 0 aliphatic carbocycles. The molecule has 0 spiro atoms. The molecule has 0 aromatic heterocycles. The van der Waals surface area contributed by atoms with E-state index in [2.05, 4.69) is 10.6 Å². The lowest BCUT2D eigenvalue weighted by atomic mass is 10.1. The van der Waals surface area contributed by atoms with Crippen molar-refractivity contribution in [2.45, 2.75) is 70.9 Å². The fraction of sp³-hybridized carbons (Fsp3) is 0.524. The number of ether oxygens (including phenoxy) is 1. The predicted octanol–water partition coefficient (Wildman–Crippen LogP) is 3.23. The fourth-order valence-corrected chi connectivity index (χ4v) is 2.95. The van der Waals surface area contributed by atoms with Crippen LogP contribution in [0.2, 0.25) is 5.02 Å². The van der Waals surface area contributed by atoms with E-state index in [1.165, 1.54) is 0 Å². The molecule has 9 nitrogen and oxygen atoms in total. The molecule has 1 rings (SSSR count). The third-order valence-corrected chi connectivity index (χ3v) is 4.56. The number of aliphatic carboxylic acids is 1. The zero-order valence-electron chi connectivity index (χ0n) is 18.0. The van der Waals surface area contributed by atoms with Crippen LogP contribution in [0.5, 0.6) is 0 Å². The van der Waals surface area contributed by atoms with Crippen LogP contribution in [0.25, 0.3) is 0 Å². The first-order chi connectivity index (χ1) is 14.4. The highest BCUT2D eigenvalue weighted by molar-refractivity contribution is 6.34. The van der Waals surface area contributed by atoms with Crippen molar-refractivity contribution < 1.29 is 29.0 Å². The Bertz CT molecular complexity index is 807. The number of amides is 3. The lowest BCUT2D eigenvalue weighted by Gasteiger charge is -2.23. The van der Waals surface area contributed by atoms with Crippen molar-refractivity contribution in [3.05, 3.63) is 28.8 Å². The van der Waals surface area contributed by atoms with E-state index in [4.69, 9.17) is 27.2 Å². The van der Waals surface area contributed by atoms with Gasteiger partial charge in [0.2, 0.25) is 11.8 Å². The van der Waals surface area contributed by atoms with Gasteiger partial charge in [-0.3, -0.25) is 14.4 Å². The molecule has 172 valence electrons. The van der Waals surface area contributed by atoms with Gasteiger partial charge in [-0.25, -0.2) is 4.79 Å². The number of primary amides is 1. The summed E-state index contributed by atoms with van der Waals surface area (Å²) in [6, 6.07) is 4.06. The molecule has 3 amide bonds. The molecule has 5 N–H and O–H groups in total. The molecule has 10 heteroatoms. The van der Waals surface area contributed by atoms with E-state index in [1.54, 1.807) is 39.0 Å². The molecule has 0 saturated heterocycles. The maximum absolute atomic E-state index is 12.8. The van der Waals surface area contributed by atoms with Gasteiger partial charge in [-0.1, -0.05) is 23.7 Å². The van der Waals surface area contributed by atoms with E-state index in [1.807, 2.05) is 0 Å². The Balaban J connectivity index is 2.86. The Morgan fingerprint density at radius 1 is 1.16 bits per heavy atom. The number of hydrogen-bond acceptors (Lipinski definition) is 5. The Kier molecular flexibility index (Phi) is 10.3. The number of unbranched alkanes of at least 4 members (excludes halogenated alkanes) is 1. The summed E-state index contributed by atoms with van der Waals surface area (Å²) >= 11 is 6.40. The van der Waals surface area contributed by atoms with Gasteiger partial charge in [-0.05, 0) is 58.1 Å². The second kappa shape index (κ2) is 12.1. The molecule has 1 aromatic carbocycles. The third kappa shape index (κ3) is 10.7. The van der Waals surface area contributed by atoms with E-state index in [-0.39, 0.29) is 19.3 Å². The molecule has 0 aliphatic heterocycles. The molecule has 0 fully saturated rings. The van der Waals surface area contributed by atoms with Crippen LogP contribution >= 0.6 is 11.6 Å². The summed E-state index contributed by atoms with van der Waals surface area (Å²) in [5.74, 6) is -2.03. The number of carbonyl (C=O) groups excluding carboxylic acids is 3. The number of aryl methyl sites for hydroxylation is 1. The quantitative estimate of drug-likeness (QED) is 0.376. The molecule has 0 saturated carbocycles. The maximum atomic E-state index is 12.8. The van der Waals surface area contributed by atoms with Gasteiger partial charge in [0.1, 0.15) is 11.6 Å². The highest BCUT2D eigenvalue weighted by Gasteiger charge is 2.25. The fourth-order valence-electron chi connectivity index (χ4n) is 2.69. The van der Waals surface area contributed by atoms with Crippen molar-refractivity contribution in [1.82, 2.24) is 5.32 Å². The van der Waals surface area contributed by atoms with Crippen LogP contribution in [-0.4, -0.2) is 40.6 Å². The summed E-state index contributed by atoms with van der Waals surface area (Å²) in [4.78, 5) is 46.6. The second-order valence-corrected chi connectivity index (χ2v) is 8.45. The Labute approximate surface area is 186 Å². The molecule has 0 radical (unpaired) electrons. The van der Waals surface area contributed by atoms with Gasteiger partial charge in [0.25, 0.3) is 0 Å². The smallest absolute Gasteiger partial charge is 0.408 e. The van der Waals surface area contributed by atoms with E-state index in [9.17, 15) is 19.2 Å². The summed E-state index contributed by atoms with van der Waals surface area (Å²) in [7, 11) is 0. The molecular weight excluding hydrogens is 426 g/mol. The summed E-state index contributed by atoms with van der Waals surface area (Å²) < 4.78 is 5.18. The molecule has 31 heavy (non-hydrogen) atoms. The first-order valence-electron chi connectivity index (χ1n) is 9.97. The number of alkyl carbamates (subject to hydrolysis) is 1. The number of hydrogen-bond donors (Lipinski definition) is 4. The minimum absolute atomic E-state index is 0.00704. The SMILES string of the molecule is CC(C)(C)OC(=O)NC(CCC(N)=O)C(=O)Nc1cccc(CCCCC(=O)O)c1Cl. The number of nitrogens with one attached hydrogen (secondary N) is 2. The summed E-state index contributed by atoms with van der Waals surface area (Å²) in [5, 5.41) is 14.2. The Hall–Kier alpha value is -2.81. The van der Waals surface area contributed by atoms with Gasteiger partial charge in [-0.15, -0.1) is 0 Å². The maximum Gasteiger partial charge on any atom is 0.408 e. The minimum atomic E-state index is -1.06. The highest BCUT2D eigenvalue weighted by Crippen LogP contribution is 2.27. The number of rotatable bonds is 11. The van der Waals surface area contributed by atoms with Gasteiger partial charge in [0, 0.05) is 12.8 Å². The molecule has 1 atom stereocenters. The average molecular weight is 456 g/mol. The molecule has 0 aliphatic rings. The van der Waals surface area contributed by atoms with Crippen LogP contribution in [0.3, 0.4) is 0 Å². The van der Waals surface area contributed by atoms with Crippen molar-refractivity contribution in [3.8, 4) is 0 Å². The van der Waals surface area contributed by atoms with Crippen molar-refractivity contribution >= 4 is 41.2 Å². The summed E-state index contributed by atoms with van der Waals surface area (Å²) in [6.45, 7) is 5.06. The lowest BCUT2D eigenvalue weighted by Crippen LogP contribution is -2.46. The van der Waals surface area contributed by atoms with Gasteiger partial charge in [0.15, 0.2) is 0 Å². The van der Waals surface area contributed by atoms with Gasteiger partial charge < -0.3 is 26.2 Å².